The van der Waals surface area contributed by atoms with E-state index < -0.39 is 0 Å². The highest BCUT2D eigenvalue weighted by Gasteiger charge is 2.10. The lowest BCUT2D eigenvalue weighted by Crippen LogP contribution is -2.04. The van der Waals surface area contributed by atoms with Gasteiger partial charge in [0.15, 0.2) is 5.78 Å². The molecule has 0 aliphatic rings. The normalized spacial score (nSPS) is 10.2. The Labute approximate surface area is 91.2 Å². The van der Waals surface area contributed by atoms with Crippen LogP contribution in [0.3, 0.4) is 0 Å². The predicted octanol–water partition coefficient (Wildman–Crippen LogP) is 3.49. The first kappa shape index (κ1) is 10.7. The molecule has 0 N–H and O–H groups in total. The summed E-state index contributed by atoms with van der Waals surface area (Å²) >= 11 is 8.90. The van der Waals surface area contributed by atoms with Crippen LogP contribution in [-0.2, 0) is 0 Å². The average Bonchev–Trinajstić information content (AvgIpc) is 2.13. The van der Waals surface area contributed by atoms with E-state index >= 15 is 0 Å². The van der Waals surface area contributed by atoms with E-state index in [1.807, 2.05) is 19.9 Å². The molecule has 1 aromatic rings. The molecule has 1 nitrogen and oxygen atoms in total. The van der Waals surface area contributed by atoms with Crippen molar-refractivity contribution in [2.24, 2.45) is 0 Å². The van der Waals surface area contributed by atoms with Gasteiger partial charge in [0.05, 0.1) is 5.88 Å². The number of hydrogen-bond donors (Lipinski definition) is 0. The van der Waals surface area contributed by atoms with Gasteiger partial charge in [0.2, 0.25) is 0 Å². The Morgan fingerprint density at radius 2 is 2.00 bits per heavy atom. The third-order valence-electron chi connectivity index (χ3n) is 2.14. The van der Waals surface area contributed by atoms with Gasteiger partial charge in [-0.3, -0.25) is 4.79 Å². The van der Waals surface area contributed by atoms with Crippen molar-refractivity contribution >= 4 is 33.3 Å². The highest BCUT2D eigenvalue weighted by Crippen LogP contribution is 2.22. The number of alkyl halides is 1. The quantitative estimate of drug-likeness (QED) is 0.588. The van der Waals surface area contributed by atoms with Crippen LogP contribution in [0.25, 0.3) is 0 Å². The minimum absolute atomic E-state index is 0.0187. The lowest BCUT2D eigenvalue weighted by atomic mass is 10.0. The molecule has 0 heterocycles. The Morgan fingerprint density at radius 1 is 1.38 bits per heavy atom. The molecule has 0 atom stereocenters. The molecule has 1 aromatic carbocycles. The summed E-state index contributed by atoms with van der Waals surface area (Å²) in [6.07, 6.45) is 0. The Balaban J connectivity index is 3.26. The fourth-order valence-corrected chi connectivity index (χ4v) is 1.74. The van der Waals surface area contributed by atoms with E-state index in [0.29, 0.717) is 0 Å². The van der Waals surface area contributed by atoms with E-state index in [1.54, 1.807) is 6.07 Å². The first-order valence-electron chi connectivity index (χ1n) is 3.92. The highest BCUT2D eigenvalue weighted by atomic mass is 79.9. The maximum atomic E-state index is 11.4. The van der Waals surface area contributed by atoms with Crippen molar-refractivity contribution in [3.8, 4) is 0 Å². The number of carbonyl (C=O) groups is 1. The summed E-state index contributed by atoms with van der Waals surface area (Å²) < 4.78 is 1.02. The zero-order chi connectivity index (χ0) is 10.0. The second-order valence-electron chi connectivity index (χ2n) is 2.90. The summed E-state index contributed by atoms with van der Waals surface area (Å²) in [6, 6.07) is 3.68. The van der Waals surface area contributed by atoms with Crippen molar-refractivity contribution in [2.75, 3.05) is 5.88 Å². The number of hydrogen-bond acceptors (Lipinski definition) is 1. The van der Waals surface area contributed by atoms with E-state index in [-0.39, 0.29) is 11.7 Å². The molecule has 0 aliphatic carbocycles. The van der Waals surface area contributed by atoms with Crippen molar-refractivity contribution in [1.29, 1.82) is 0 Å². The fourth-order valence-electron chi connectivity index (χ4n) is 1.16. The summed E-state index contributed by atoms with van der Waals surface area (Å²) in [5, 5.41) is 0. The van der Waals surface area contributed by atoms with Gasteiger partial charge in [0.1, 0.15) is 0 Å². The largest absolute Gasteiger partial charge is 0.293 e. The SMILES string of the molecule is Cc1c(Br)ccc(C(=O)CCl)c1C. The molecule has 0 saturated carbocycles. The molecule has 0 aliphatic heterocycles. The van der Waals surface area contributed by atoms with Crippen LogP contribution in [0.5, 0.6) is 0 Å². The van der Waals surface area contributed by atoms with Crippen molar-refractivity contribution < 1.29 is 4.79 Å². The molecular formula is C10H10BrClO. The molecule has 0 spiro atoms. The van der Waals surface area contributed by atoms with Crippen LogP contribution >= 0.6 is 27.5 Å². The third-order valence-corrected chi connectivity index (χ3v) is 3.24. The van der Waals surface area contributed by atoms with E-state index in [9.17, 15) is 4.79 Å². The zero-order valence-corrected chi connectivity index (χ0v) is 9.87. The molecule has 0 amide bonds. The lowest BCUT2D eigenvalue weighted by molar-refractivity contribution is 0.102. The van der Waals surface area contributed by atoms with Crippen LogP contribution in [0.1, 0.15) is 21.5 Å². The van der Waals surface area contributed by atoms with Crippen molar-refractivity contribution in [3.63, 3.8) is 0 Å². The number of ketones is 1. The van der Waals surface area contributed by atoms with Gasteiger partial charge in [-0.1, -0.05) is 15.9 Å². The number of carbonyl (C=O) groups excluding carboxylic acids is 1. The van der Waals surface area contributed by atoms with Gasteiger partial charge in [0, 0.05) is 10.0 Å². The monoisotopic (exact) mass is 260 g/mol. The van der Waals surface area contributed by atoms with Crippen molar-refractivity contribution in [2.45, 2.75) is 13.8 Å². The van der Waals surface area contributed by atoms with Crippen molar-refractivity contribution in [3.05, 3.63) is 33.3 Å². The zero-order valence-electron chi connectivity index (χ0n) is 7.53. The molecule has 0 bridgehead atoms. The predicted molar refractivity (Wildman–Crippen MR) is 58.7 cm³/mol. The average molecular weight is 262 g/mol. The molecule has 1 rings (SSSR count). The van der Waals surface area contributed by atoms with Crippen LogP contribution < -0.4 is 0 Å². The van der Waals surface area contributed by atoms with Gasteiger partial charge in [-0.15, -0.1) is 11.6 Å². The molecule has 3 heteroatoms. The summed E-state index contributed by atoms with van der Waals surface area (Å²) in [5.74, 6) is 0.0248. The standard InChI is InChI=1S/C10H10BrClO/c1-6-7(2)9(11)4-3-8(6)10(13)5-12/h3-4H,5H2,1-2H3. The number of halogens is 2. The van der Waals surface area contributed by atoms with Crippen LogP contribution in [0.4, 0.5) is 0 Å². The van der Waals surface area contributed by atoms with E-state index in [1.165, 1.54) is 0 Å². The lowest BCUT2D eigenvalue weighted by Gasteiger charge is -2.07. The molecule has 13 heavy (non-hydrogen) atoms. The first-order valence-corrected chi connectivity index (χ1v) is 5.25. The Bertz CT molecular complexity index is 347. The molecule has 0 aromatic heterocycles. The molecule has 70 valence electrons. The molecule has 0 fully saturated rings. The van der Waals surface area contributed by atoms with Gasteiger partial charge >= 0.3 is 0 Å². The Kier molecular flexibility index (Phi) is 3.51. The van der Waals surface area contributed by atoms with Crippen LogP contribution in [0.15, 0.2) is 16.6 Å². The second kappa shape index (κ2) is 4.25. The third kappa shape index (κ3) is 2.12. The summed E-state index contributed by atoms with van der Waals surface area (Å²) in [7, 11) is 0. The number of rotatable bonds is 2. The van der Waals surface area contributed by atoms with E-state index in [4.69, 9.17) is 11.6 Å². The van der Waals surface area contributed by atoms with E-state index in [2.05, 4.69) is 15.9 Å². The topological polar surface area (TPSA) is 17.1 Å². The number of Topliss-reactive ketones (excluding diaryl/α,β-unsaturated/α-hetero) is 1. The van der Waals surface area contributed by atoms with Gasteiger partial charge in [-0.2, -0.15) is 0 Å². The highest BCUT2D eigenvalue weighted by molar-refractivity contribution is 9.10. The molecule has 0 saturated heterocycles. The minimum Gasteiger partial charge on any atom is -0.293 e. The summed E-state index contributed by atoms with van der Waals surface area (Å²) in [5.41, 5.74) is 2.81. The van der Waals surface area contributed by atoms with E-state index in [0.717, 1.165) is 21.2 Å². The van der Waals surface area contributed by atoms with Crippen LogP contribution in [0, 0.1) is 13.8 Å². The minimum atomic E-state index is -0.0187. The fraction of sp³-hybridized carbons (Fsp3) is 0.300. The molecular weight excluding hydrogens is 251 g/mol. The smallest absolute Gasteiger partial charge is 0.177 e. The second-order valence-corrected chi connectivity index (χ2v) is 4.02. The molecule has 0 radical (unpaired) electrons. The van der Waals surface area contributed by atoms with Gasteiger partial charge in [0.25, 0.3) is 0 Å². The summed E-state index contributed by atoms with van der Waals surface area (Å²) in [6.45, 7) is 3.91. The first-order chi connectivity index (χ1) is 6.07. The van der Waals surface area contributed by atoms with Crippen molar-refractivity contribution in [1.82, 2.24) is 0 Å². The van der Waals surface area contributed by atoms with Crippen LogP contribution in [-0.4, -0.2) is 11.7 Å². The maximum absolute atomic E-state index is 11.4. The Hall–Kier alpha value is -0.340. The summed E-state index contributed by atoms with van der Waals surface area (Å²) in [4.78, 5) is 11.4. The maximum Gasteiger partial charge on any atom is 0.177 e. The van der Waals surface area contributed by atoms with Gasteiger partial charge < -0.3 is 0 Å². The van der Waals surface area contributed by atoms with Crippen LogP contribution in [0.2, 0.25) is 0 Å². The number of benzene rings is 1. The Morgan fingerprint density at radius 3 is 2.54 bits per heavy atom. The van der Waals surface area contributed by atoms with Gasteiger partial charge in [-0.05, 0) is 37.1 Å². The van der Waals surface area contributed by atoms with Gasteiger partial charge in [-0.25, -0.2) is 0 Å². The molecule has 0 unspecified atom stereocenters.